The third-order valence-corrected chi connectivity index (χ3v) is 4.19. The predicted octanol–water partition coefficient (Wildman–Crippen LogP) is 1.13. The van der Waals surface area contributed by atoms with Crippen molar-refractivity contribution in [2.45, 2.75) is 58.0 Å². The summed E-state index contributed by atoms with van der Waals surface area (Å²) in [6.45, 7) is 5.29. The van der Waals surface area contributed by atoms with Gasteiger partial charge in [0.05, 0.1) is 11.0 Å². The van der Waals surface area contributed by atoms with Crippen molar-refractivity contribution in [3.8, 4) is 0 Å². The van der Waals surface area contributed by atoms with Crippen LogP contribution in [-0.4, -0.2) is 35.6 Å². The minimum atomic E-state index is -0.849. The van der Waals surface area contributed by atoms with Gasteiger partial charge in [0.25, 0.3) is 0 Å². The maximum absolute atomic E-state index is 12.1. The molecule has 2 atom stereocenters. The number of hydrogen-bond donors (Lipinski definition) is 3. The molecular formula is C13H24N2O3. The van der Waals surface area contributed by atoms with Gasteiger partial charge in [-0.1, -0.05) is 12.8 Å². The summed E-state index contributed by atoms with van der Waals surface area (Å²) in [7, 11) is 1.72. The molecule has 1 aliphatic rings. The second-order valence-corrected chi connectivity index (χ2v) is 5.87. The standard InChI is InChI=1S/C13H24N2O3/c1-12(2,14-4)10(16)15-9-7-5-6-8-13(9,3)11(17)18/h9,14H,5-8H2,1-4H3,(H,15,16)(H,17,18). The second-order valence-electron chi connectivity index (χ2n) is 5.87. The first-order valence-corrected chi connectivity index (χ1v) is 6.47. The molecule has 0 aromatic rings. The zero-order valence-corrected chi connectivity index (χ0v) is 11.7. The molecule has 1 saturated carbocycles. The van der Waals surface area contributed by atoms with Gasteiger partial charge < -0.3 is 15.7 Å². The number of rotatable bonds is 4. The van der Waals surface area contributed by atoms with Crippen molar-refractivity contribution in [3.05, 3.63) is 0 Å². The number of carboxylic acid groups (broad SMARTS) is 1. The first-order chi connectivity index (χ1) is 8.24. The fourth-order valence-electron chi connectivity index (χ4n) is 2.27. The van der Waals surface area contributed by atoms with E-state index in [4.69, 9.17) is 0 Å². The lowest BCUT2D eigenvalue weighted by molar-refractivity contribution is -0.152. The van der Waals surface area contributed by atoms with Crippen molar-refractivity contribution in [1.29, 1.82) is 0 Å². The van der Waals surface area contributed by atoms with Crippen molar-refractivity contribution >= 4 is 11.9 Å². The highest BCUT2D eigenvalue weighted by molar-refractivity contribution is 5.86. The summed E-state index contributed by atoms with van der Waals surface area (Å²) < 4.78 is 0. The predicted molar refractivity (Wildman–Crippen MR) is 69.3 cm³/mol. The van der Waals surface area contributed by atoms with Gasteiger partial charge in [-0.25, -0.2) is 0 Å². The Hall–Kier alpha value is -1.10. The molecule has 0 spiro atoms. The van der Waals surface area contributed by atoms with Gasteiger partial charge in [0.15, 0.2) is 0 Å². The lowest BCUT2D eigenvalue weighted by Crippen LogP contribution is -2.59. The van der Waals surface area contributed by atoms with Gasteiger partial charge in [-0.3, -0.25) is 9.59 Å². The average molecular weight is 256 g/mol. The van der Waals surface area contributed by atoms with Crippen LogP contribution in [0.15, 0.2) is 0 Å². The Morgan fingerprint density at radius 3 is 2.44 bits per heavy atom. The van der Waals surface area contributed by atoms with E-state index in [1.165, 1.54) is 0 Å². The monoisotopic (exact) mass is 256 g/mol. The minimum absolute atomic E-state index is 0.149. The molecule has 1 aliphatic carbocycles. The summed E-state index contributed by atoms with van der Waals surface area (Å²) in [5.74, 6) is -0.973. The van der Waals surface area contributed by atoms with Crippen LogP contribution in [0, 0.1) is 5.41 Å². The number of aliphatic carboxylic acids is 1. The molecule has 2 unspecified atom stereocenters. The molecule has 0 aromatic heterocycles. The van der Waals surface area contributed by atoms with Crippen LogP contribution in [0.2, 0.25) is 0 Å². The van der Waals surface area contributed by atoms with E-state index in [0.29, 0.717) is 6.42 Å². The quantitative estimate of drug-likeness (QED) is 0.704. The first kappa shape index (κ1) is 15.0. The molecule has 0 radical (unpaired) electrons. The van der Waals surface area contributed by atoms with Gasteiger partial charge in [-0.15, -0.1) is 0 Å². The van der Waals surface area contributed by atoms with Crippen LogP contribution in [0.25, 0.3) is 0 Å². The highest BCUT2D eigenvalue weighted by atomic mass is 16.4. The fraction of sp³-hybridized carbons (Fsp3) is 0.846. The number of likely N-dealkylation sites (N-methyl/N-ethyl adjacent to an activating group) is 1. The molecule has 104 valence electrons. The molecule has 0 saturated heterocycles. The molecule has 3 N–H and O–H groups in total. The highest BCUT2D eigenvalue weighted by Crippen LogP contribution is 2.36. The van der Waals surface area contributed by atoms with Crippen molar-refractivity contribution in [2.24, 2.45) is 5.41 Å². The van der Waals surface area contributed by atoms with Crippen molar-refractivity contribution in [2.75, 3.05) is 7.05 Å². The van der Waals surface area contributed by atoms with Gasteiger partial charge in [-0.2, -0.15) is 0 Å². The Balaban J connectivity index is 2.81. The maximum Gasteiger partial charge on any atom is 0.311 e. The van der Waals surface area contributed by atoms with Gasteiger partial charge in [0, 0.05) is 6.04 Å². The van der Waals surface area contributed by atoms with Crippen LogP contribution in [0.1, 0.15) is 46.5 Å². The minimum Gasteiger partial charge on any atom is -0.481 e. The average Bonchev–Trinajstić information content (AvgIpc) is 2.31. The van der Waals surface area contributed by atoms with E-state index >= 15 is 0 Å². The summed E-state index contributed by atoms with van der Waals surface area (Å²) in [5.41, 5.74) is -1.53. The molecule has 1 fully saturated rings. The summed E-state index contributed by atoms with van der Waals surface area (Å²) in [6, 6.07) is -0.288. The van der Waals surface area contributed by atoms with E-state index in [0.717, 1.165) is 19.3 Å². The number of amides is 1. The summed E-state index contributed by atoms with van der Waals surface area (Å²) >= 11 is 0. The van der Waals surface area contributed by atoms with Crippen LogP contribution in [-0.2, 0) is 9.59 Å². The lowest BCUT2D eigenvalue weighted by Gasteiger charge is -2.39. The van der Waals surface area contributed by atoms with Crippen LogP contribution >= 0.6 is 0 Å². The number of nitrogens with one attached hydrogen (secondary N) is 2. The Bertz CT molecular complexity index is 341. The van der Waals surface area contributed by atoms with Crippen LogP contribution < -0.4 is 10.6 Å². The highest BCUT2D eigenvalue weighted by Gasteiger charge is 2.44. The van der Waals surface area contributed by atoms with E-state index in [1.807, 2.05) is 0 Å². The Morgan fingerprint density at radius 2 is 1.94 bits per heavy atom. The number of carboxylic acids is 1. The third kappa shape index (κ3) is 2.83. The smallest absolute Gasteiger partial charge is 0.311 e. The van der Waals surface area contributed by atoms with E-state index in [-0.39, 0.29) is 11.9 Å². The lowest BCUT2D eigenvalue weighted by atomic mass is 9.71. The van der Waals surface area contributed by atoms with Crippen molar-refractivity contribution in [1.82, 2.24) is 10.6 Å². The molecular weight excluding hydrogens is 232 g/mol. The van der Waals surface area contributed by atoms with Crippen LogP contribution in [0.5, 0.6) is 0 Å². The van der Waals surface area contributed by atoms with Gasteiger partial charge in [0.2, 0.25) is 5.91 Å². The zero-order chi connectivity index (χ0) is 14.0. The molecule has 1 rings (SSSR count). The zero-order valence-electron chi connectivity index (χ0n) is 11.7. The summed E-state index contributed by atoms with van der Waals surface area (Å²) in [5, 5.41) is 15.2. The van der Waals surface area contributed by atoms with Crippen LogP contribution in [0.3, 0.4) is 0 Å². The van der Waals surface area contributed by atoms with E-state index < -0.39 is 16.9 Å². The molecule has 0 heterocycles. The summed E-state index contributed by atoms with van der Waals surface area (Å²) in [4.78, 5) is 23.5. The van der Waals surface area contributed by atoms with E-state index in [2.05, 4.69) is 10.6 Å². The maximum atomic E-state index is 12.1. The largest absolute Gasteiger partial charge is 0.481 e. The van der Waals surface area contributed by atoms with Gasteiger partial charge >= 0.3 is 5.97 Å². The van der Waals surface area contributed by atoms with E-state index in [9.17, 15) is 14.7 Å². The molecule has 5 nitrogen and oxygen atoms in total. The molecule has 5 heteroatoms. The molecule has 0 bridgehead atoms. The van der Waals surface area contributed by atoms with Crippen LogP contribution in [0.4, 0.5) is 0 Å². The Labute approximate surface area is 108 Å². The first-order valence-electron chi connectivity index (χ1n) is 6.47. The van der Waals surface area contributed by atoms with Crippen molar-refractivity contribution in [3.63, 3.8) is 0 Å². The van der Waals surface area contributed by atoms with Gasteiger partial charge in [-0.05, 0) is 40.7 Å². The van der Waals surface area contributed by atoms with Crippen molar-refractivity contribution < 1.29 is 14.7 Å². The normalized spacial score (nSPS) is 28.8. The fourth-order valence-corrected chi connectivity index (χ4v) is 2.27. The SMILES string of the molecule is CNC(C)(C)C(=O)NC1CCCCC1(C)C(=O)O. The number of carbonyl (C=O) groups is 2. The molecule has 0 aliphatic heterocycles. The number of carbonyl (C=O) groups excluding carboxylic acids is 1. The molecule has 18 heavy (non-hydrogen) atoms. The summed E-state index contributed by atoms with van der Waals surface area (Å²) in [6.07, 6.45) is 3.22. The Morgan fingerprint density at radius 1 is 1.33 bits per heavy atom. The van der Waals surface area contributed by atoms with E-state index in [1.54, 1.807) is 27.8 Å². The Kier molecular flexibility index (Phi) is 4.37. The van der Waals surface area contributed by atoms with Gasteiger partial charge in [0.1, 0.15) is 0 Å². The topological polar surface area (TPSA) is 78.4 Å². The molecule has 1 amide bonds. The second kappa shape index (κ2) is 5.26. The third-order valence-electron chi connectivity index (χ3n) is 4.19. The molecule has 0 aromatic carbocycles. The number of hydrogen-bond acceptors (Lipinski definition) is 3.